The summed E-state index contributed by atoms with van der Waals surface area (Å²) in [5.41, 5.74) is 2.23. The van der Waals surface area contributed by atoms with Crippen molar-refractivity contribution >= 4 is 0 Å². The average molecular weight is 579 g/mol. The Bertz CT molecular complexity index is 1480. The molecule has 6 N–H and O–H groups in total. The van der Waals surface area contributed by atoms with Crippen molar-refractivity contribution in [3.63, 3.8) is 0 Å². The zero-order valence-electron chi connectivity index (χ0n) is 23.8. The van der Waals surface area contributed by atoms with Crippen molar-refractivity contribution in [1.82, 2.24) is 0 Å². The maximum atomic E-state index is 10.7. The highest BCUT2D eigenvalue weighted by atomic mass is 16.5. The summed E-state index contributed by atoms with van der Waals surface area (Å²) in [5, 5.41) is 63.8. The fraction of sp³-hybridized carbons (Fsp3) is 0.250. The summed E-state index contributed by atoms with van der Waals surface area (Å²) in [6, 6.07) is 13.6. The van der Waals surface area contributed by atoms with Crippen LogP contribution in [0.2, 0.25) is 0 Å². The van der Waals surface area contributed by atoms with Gasteiger partial charge in [0, 0.05) is 11.1 Å². The Morgan fingerprint density at radius 3 is 1.10 bits per heavy atom. The van der Waals surface area contributed by atoms with E-state index in [2.05, 4.69) is 0 Å². The van der Waals surface area contributed by atoms with Crippen LogP contribution < -0.4 is 18.9 Å². The molecular formula is C32H34O10. The zero-order chi connectivity index (χ0) is 30.6. The number of benzene rings is 4. The number of aromatic hydroxyl groups is 6. The Hall–Kier alpha value is -5.12. The third-order valence-corrected chi connectivity index (χ3v) is 7.21. The third kappa shape index (κ3) is 5.83. The van der Waals surface area contributed by atoms with Crippen LogP contribution in [0, 0.1) is 0 Å². The van der Waals surface area contributed by atoms with Crippen LogP contribution in [0.25, 0.3) is 11.1 Å². The van der Waals surface area contributed by atoms with Crippen molar-refractivity contribution in [3.8, 4) is 68.6 Å². The van der Waals surface area contributed by atoms with E-state index in [-0.39, 0.29) is 35.1 Å². The standard InChI is InChI=1S/C32H34O10/c1-39-23-11-7-17(13-25(23)41-3)5-9-19-15-21(29(35)31(37)27(19)33)22-16-20(28(34)32(38)30(22)36)10-6-18-8-12-24(40-2)26(14-18)42-4/h7-8,11-16,33-38H,5-6,9-10H2,1-4H3. The van der Waals surface area contributed by atoms with Gasteiger partial charge in [-0.25, -0.2) is 0 Å². The van der Waals surface area contributed by atoms with Gasteiger partial charge in [-0.15, -0.1) is 0 Å². The summed E-state index contributed by atoms with van der Waals surface area (Å²) in [6.07, 6.45) is 1.36. The lowest BCUT2D eigenvalue weighted by molar-refractivity contribution is 0.354. The first-order valence-corrected chi connectivity index (χ1v) is 13.1. The molecule has 0 fully saturated rings. The number of phenolic OH excluding ortho intramolecular Hbond substituents is 6. The van der Waals surface area contributed by atoms with Gasteiger partial charge in [-0.2, -0.15) is 0 Å². The first-order valence-electron chi connectivity index (χ1n) is 13.1. The quantitative estimate of drug-likeness (QED) is 0.131. The van der Waals surface area contributed by atoms with E-state index < -0.39 is 34.5 Å². The van der Waals surface area contributed by atoms with Gasteiger partial charge >= 0.3 is 0 Å². The highest BCUT2D eigenvalue weighted by Crippen LogP contribution is 2.51. The van der Waals surface area contributed by atoms with Crippen molar-refractivity contribution in [1.29, 1.82) is 0 Å². The van der Waals surface area contributed by atoms with Gasteiger partial charge in [0.2, 0.25) is 11.5 Å². The Balaban J connectivity index is 1.67. The second-order valence-electron chi connectivity index (χ2n) is 9.64. The molecule has 0 amide bonds. The zero-order valence-corrected chi connectivity index (χ0v) is 23.8. The minimum atomic E-state index is -0.770. The monoisotopic (exact) mass is 578 g/mol. The van der Waals surface area contributed by atoms with Gasteiger partial charge in [-0.3, -0.25) is 0 Å². The van der Waals surface area contributed by atoms with E-state index in [1.165, 1.54) is 40.6 Å². The van der Waals surface area contributed by atoms with Gasteiger partial charge in [-0.1, -0.05) is 12.1 Å². The van der Waals surface area contributed by atoms with E-state index in [9.17, 15) is 30.6 Å². The lowest BCUT2D eigenvalue weighted by atomic mass is 9.93. The minimum absolute atomic E-state index is 0.0345. The van der Waals surface area contributed by atoms with Crippen LogP contribution in [0.1, 0.15) is 22.3 Å². The number of aryl methyl sites for hydroxylation is 4. The highest BCUT2D eigenvalue weighted by Gasteiger charge is 2.24. The van der Waals surface area contributed by atoms with E-state index >= 15 is 0 Å². The Labute approximate surface area is 243 Å². The lowest BCUT2D eigenvalue weighted by Gasteiger charge is -2.17. The van der Waals surface area contributed by atoms with Crippen molar-refractivity contribution in [2.24, 2.45) is 0 Å². The molecular weight excluding hydrogens is 544 g/mol. The van der Waals surface area contributed by atoms with Crippen LogP contribution in [0.3, 0.4) is 0 Å². The molecule has 4 aromatic rings. The normalized spacial score (nSPS) is 10.9. The summed E-state index contributed by atoms with van der Waals surface area (Å²) < 4.78 is 21.2. The van der Waals surface area contributed by atoms with Gasteiger partial charge in [0.1, 0.15) is 0 Å². The van der Waals surface area contributed by atoms with Crippen molar-refractivity contribution < 1.29 is 49.6 Å². The molecule has 0 unspecified atom stereocenters. The predicted octanol–water partition coefficient (Wildman–Crippen LogP) is 5.19. The molecule has 0 aromatic heterocycles. The van der Waals surface area contributed by atoms with Crippen LogP contribution in [0.4, 0.5) is 0 Å². The predicted molar refractivity (Wildman–Crippen MR) is 156 cm³/mol. The fourth-order valence-corrected chi connectivity index (χ4v) is 4.83. The van der Waals surface area contributed by atoms with E-state index in [4.69, 9.17) is 18.9 Å². The molecule has 0 atom stereocenters. The number of hydrogen-bond donors (Lipinski definition) is 6. The number of phenols is 6. The molecule has 10 nitrogen and oxygen atoms in total. The molecule has 0 aliphatic heterocycles. The summed E-state index contributed by atoms with van der Waals surface area (Å²) in [6.45, 7) is 0. The van der Waals surface area contributed by atoms with Crippen LogP contribution in [-0.4, -0.2) is 59.1 Å². The smallest absolute Gasteiger partial charge is 0.201 e. The van der Waals surface area contributed by atoms with Crippen LogP contribution in [-0.2, 0) is 25.7 Å². The van der Waals surface area contributed by atoms with Crippen LogP contribution in [0.5, 0.6) is 57.5 Å². The summed E-state index contributed by atoms with van der Waals surface area (Å²) in [4.78, 5) is 0. The van der Waals surface area contributed by atoms with Crippen LogP contribution in [0.15, 0.2) is 48.5 Å². The molecule has 0 radical (unpaired) electrons. The molecule has 0 saturated carbocycles. The summed E-state index contributed by atoms with van der Waals surface area (Å²) in [7, 11) is 6.13. The molecule has 0 heterocycles. The van der Waals surface area contributed by atoms with Crippen molar-refractivity contribution in [2.75, 3.05) is 28.4 Å². The maximum absolute atomic E-state index is 10.7. The van der Waals surface area contributed by atoms with E-state index in [0.29, 0.717) is 35.8 Å². The molecule has 222 valence electrons. The van der Waals surface area contributed by atoms with Gasteiger partial charge in [0.05, 0.1) is 28.4 Å². The number of rotatable bonds is 11. The Kier molecular flexibility index (Phi) is 8.95. The van der Waals surface area contributed by atoms with Gasteiger partial charge in [0.15, 0.2) is 46.0 Å². The Morgan fingerprint density at radius 2 is 0.762 bits per heavy atom. The van der Waals surface area contributed by atoms with E-state index in [1.807, 2.05) is 12.1 Å². The molecule has 4 rings (SSSR count). The van der Waals surface area contributed by atoms with Crippen LogP contribution >= 0.6 is 0 Å². The van der Waals surface area contributed by atoms with Gasteiger partial charge in [0.25, 0.3) is 0 Å². The van der Waals surface area contributed by atoms with E-state index in [0.717, 1.165) is 11.1 Å². The lowest BCUT2D eigenvalue weighted by Crippen LogP contribution is -1.98. The molecule has 10 heteroatoms. The van der Waals surface area contributed by atoms with Gasteiger partial charge < -0.3 is 49.6 Å². The topological polar surface area (TPSA) is 158 Å². The second-order valence-corrected chi connectivity index (χ2v) is 9.64. The second kappa shape index (κ2) is 12.6. The number of hydrogen-bond acceptors (Lipinski definition) is 10. The number of methoxy groups -OCH3 is 4. The molecule has 0 saturated heterocycles. The SMILES string of the molecule is COc1ccc(CCc2cc(-c3cc(CCc4ccc(OC)c(OC)c4)c(O)c(O)c3O)c(O)c(O)c2O)cc1OC. The first-order chi connectivity index (χ1) is 20.1. The van der Waals surface area contributed by atoms with Gasteiger partial charge in [-0.05, 0) is 84.3 Å². The number of ether oxygens (including phenoxy) is 4. The van der Waals surface area contributed by atoms with E-state index in [1.54, 1.807) is 24.3 Å². The Morgan fingerprint density at radius 1 is 0.405 bits per heavy atom. The summed E-state index contributed by atoms with van der Waals surface area (Å²) >= 11 is 0. The molecule has 0 aliphatic carbocycles. The average Bonchev–Trinajstić information content (AvgIpc) is 3.01. The highest BCUT2D eigenvalue weighted by molar-refractivity contribution is 5.84. The molecule has 0 aliphatic rings. The third-order valence-electron chi connectivity index (χ3n) is 7.21. The molecule has 42 heavy (non-hydrogen) atoms. The molecule has 0 spiro atoms. The minimum Gasteiger partial charge on any atom is -0.504 e. The molecule has 4 aromatic carbocycles. The maximum Gasteiger partial charge on any atom is 0.201 e. The first kappa shape index (κ1) is 29.9. The summed E-state index contributed by atoms with van der Waals surface area (Å²) in [5.74, 6) is -1.71. The molecule has 0 bridgehead atoms. The van der Waals surface area contributed by atoms with Crippen molar-refractivity contribution in [3.05, 3.63) is 70.8 Å². The largest absolute Gasteiger partial charge is 0.504 e. The van der Waals surface area contributed by atoms with Crippen molar-refractivity contribution in [2.45, 2.75) is 25.7 Å². The fourth-order valence-electron chi connectivity index (χ4n) is 4.83.